The Morgan fingerprint density at radius 3 is 2.53 bits per heavy atom. The Balaban J connectivity index is 1.70. The summed E-state index contributed by atoms with van der Waals surface area (Å²) in [4.78, 5) is 16.3. The van der Waals surface area contributed by atoms with Gasteiger partial charge in [-0.25, -0.2) is 4.98 Å². The monoisotopic (exact) mass is 252 g/mol. The van der Waals surface area contributed by atoms with E-state index in [0.717, 1.165) is 18.4 Å². The number of fused-ring (bicyclic) bond motifs is 1. The molecule has 19 heavy (non-hydrogen) atoms. The normalized spacial score (nSPS) is 14.3. The van der Waals surface area contributed by atoms with E-state index in [1.807, 2.05) is 18.2 Å². The molecular formula is C16H16N2O. The maximum absolute atomic E-state index is 12.3. The number of ketones is 1. The molecule has 0 fully saturated rings. The molecule has 0 radical (unpaired) electrons. The maximum Gasteiger partial charge on any atom is 0.140 e. The molecule has 0 bridgehead atoms. The number of anilines is 1. The predicted octanol–water partition coefficient (Wildman–Crippen LogP) is 2.19. The first kappa shape index (κ1) is 11.9. The van der Waals surface area contributed by atoms with E-state index in [0.29, 0.717) is 18.0 Å². The first-order valence-corrected chi connectivity index (χ1v) is 6.52. The smallest absolute Gasteiger partial charge is 0.140 e. The van der Waals surface area contributed by atoms with E-state index in [2.05, 4.69) is 17.1 Å². The molecule has 1 aliphatic rings. The zero-order valence-corrected chi connectivity index (χ0v) is 10.7. The summed E-state index contributed by atoms with van der Waals surface area (Å²) in [5, 5.41) is 0. The molecule has 2 N–H and O–H groups in total. The third-order valence-corrected chi connectivity index (χ3v) is 3.73. The van der Waals surface area contributed by atoms with Gasteiger partial charge in [-0.1, -0.05) is 24.3 Å². The van der Waals surface area contributed by atoms with E-state index in [4.69, 9.17) is 5.73 Å². The summed E-state index contributed by atoms with van der Waals surface area (Å²) in [7, 11) is 0. The van der Waals surface area contributed by atoms with E-state index in [9.17, 15) is 4.79 Å². The summed E-state index contributed by atoms with van der Waals surface area (Å²) in [6.07, 6.45) is 3.85. The molecule has 0 unspecified atom stereocenters. The Morgan fingerprint density at radius 1 is 1.21 bits per heavy atom. The van der Waals surface area contributed by atoms with Gasteiger partial charge in [-0.15, -0.1) is 0 Å². The van der Waals surface area contributed by atoms with Gasteiger partial charge in [0, 0.05) is 18.5 Å². The fourth-order valence-corrected chi connectivity index (χ4v) is 2.74. The van der Waals surface area contributed by atoms with Crippen molar-refractivity contribution in [2.45, 2.75) is 19.3 Å². The summed E-state index contributed by atoms with van der Waals surface area (Å²) >= 11 is 0. The topological polar surface area (TPSA) is 56.0 Å². The summed E-state index contributed by atoms with van der Waals surface area (Å²) in [5.41, 5.74) is 9.22. The summed E-state index contributed by atoms with van der Waals surface area (Å²) in [6.45, 7) is 0. The predicted molar refractivity (Wildman–Crippen MR) is 74.7 cm³/mol. The molecule has 0 spiro atoms. The van der Waals surface area contributed by atoms with Gasteiger partial charge < -0.3 is 5.73 Å². The minimum atomic E-state index is 0.117. The van der Waals surface area contributed by atoms with Gasteiger partial charge in [0.25, 0.3) is 0 Å². The highest BCUT2D eigenvalue weighted by Crippen LogP contribution is 2.27. The lowest BCUT2D eigenvalue weighted by Crippen LogP contribution is -2.17. The number of nitrogen functional groups attached to an aromatic ring is 1. The van der Waals surface area contributed by atoms with E-state index >= 15 is 0 Å². The molecule has 0 amide bonds. The Kier molecular flexibility index (Phi) is 3.03. The second-order valence-electron chi connectivity index (χ2n) is 5.11. The zero-order valence-electron chi connectivity index (χ0n) is 10.7. The lowest BCUT2D eigenvalue weighted by atomic mass is 9.96. The van der Waals surface area contributed by atoms with Crippen LogP contribution in [0.1, 0.15) is 16.7 Å². The number of pyridine rings is 1. The fraction of sp³-hybridized carbons (Fsp3) is 0.250. The van der Waals surface area contributed by atoms with E-state index in [1.165, 1.54) is 11.1 Å². The second kappa shape index (κ2) is 4.84. The zero-order chi connectivity index (χ0) is 13.2. The number of benzene rings is 1. The SMILES string of the molecule is Nc1cc(CC(=O)C2Cc3ccccc3C2)ccn1. The van der Waals surface area contributed by atoms with E-state index < -0.39 is 0 Å². The van der Waals surface area contributed by atoms with Crippen molar-refractivity contribution in [1.82, 2.24) is 4.98 Å². The standard InChI is InChI=1S/C16H16N2O/c17-16-8-11(5-6-18-16)7-15(19)14-9-12-3-1-2-4-13(12)10-14/h1-6,8,14H,7,9-10H2,(H2,17,18). The number of carbonyl (C=O) groups is 1. The lowest BCUT2D eigenvalue weighted by molar-refractivity contribution is -0.121. The van der Waals surface area contributed by atoms with Crippen LogP contribution in [0.15, 0.2) is 42.6 Å². The van der Waals surface area contributed by atoms with E-state index in [1.54, 1.807) is 12.3 Å². The van der Waals surface area contributed by atoms with Crippen molar-refractivity contribution in [1.29, 1.82) is 0 Å². The van der Waals surface area contributed by atoms with Gasteiger partial charge in [0.05, 0.1) is 0 Å². The molecule has 2 aromatic rings. The van der Waals surface area contributed by atoms with Crippen molar-refractivity contribution in [3.8, 4) is 0 Å². The molecule has 3 nitrogen and oxygen atoms in total. The highest BCUT2D eigenvalue weighted by atomic mass is 16.1. The Hall–Kier alpha value is -2.16. The Morgan fingerprint density at radius 2 is 1.89 bits per heavy atom. The van der Waals surface area contributed by atoms with Crippen molar-refractivity contribution in [3.05, 3.63) is 59.3 Å². The van der Waals surface area contributed by atoms with Crippen molar-refractivity contribution in [3.63, 3.8) is 0 Å². The molecule has 0 saturated carbocycles. The van der Waals surface area contributed by atoms with Crippen LogP contribution in [0.3, 0.4) is 0 Å². The van der Waals surface area contributed by atoms with Gasteiger partial charge in [-0.3, -0.25) is 4.79 Å². The highest BCUT2D eigenvalue weighted by molar-refractivity contribution is 5.84. The molecule has 3 heteroatoms. The highest BCUT2D eigenvalue weighted by Gasteiger charge is 2.26. The third kappa shape index (κ3) is 2.50. The number of nitrogens with zero attached hydrogens (tertiary/aromatic N) is 1. The van der Waals surface area contributed by atoms with Crippen LogP contribution in [0, 0.1) is 5.92 Å². The third-order valence-electron chi connectivity index (χ3n) is 3.73. The Bertz CT molecular complexity index is 597. The van der Waals surface area contributed by atoms with Gasteiger partial charge in [0.2, 0.25) is 0 Å². The molecule has 0 aliphatic heterocycles. The number of aromatic nitrogens is 1. The molecule has 0 saturated heterocycles. The largest absolute Gasteiger partial charge is 0.384 e. The number of carbonyl (C=O) groups excluding carboxylic acids is 1. The average Bonchev–Trinajstić information content (AvgIpc) is 2.82. The van der Waals surface area contributed by atoms with Crippen LogP contribution in [-0.4, -0.2) is 10.8 Å². The minimum absolute atomic E-state index is 0.117. The number of hydrogen-bond acceptors (Lipinski definition) is 3. The maximum atomic E-state index is 12.3. The van der Waals surface area contributed by atoms with Crippen LogP contribution < -0.4 is 5.73 Å². The molecule has 1 aliphatic carbocycles. The van der Waals surface area contributed by atoms with Crippen LogP contribution in [0.4, 0.5) is 5.82 Å². The van der Waals surface area contributed by atoms with Gasteiger partial charge in [-0.05, 0) is 41.7 Å². The van der Waals surface area contributed by atoms with Crippen LogP contribution in [0.25, 0.3) is 0 Å². The van der Waals surface area contributed by atoms with E-state index in [-0.39, 0.29) is 5.92 Å². The summed E-state index contributed by atoms with van der Waals surface area (Å²) < 4.78 is 0. The van der Waals surface area contributed by atoms with Crippen LogP contribution >= 0.6 is 0 Å². The fourth-order valence-electron chi connectivity index (χ4n) is 2.74. The van der Waals surface area contributed by atoms with Crippen molar-refractivity contribution < 1.29 is 4.79 Å². The second-order valence-corrected chi connectivity index (χ2v) is 5.11. The molecular weight excluding hydrogens is 236 g/mol. The molecule has 1 heterocycles. The minimum Gasteiger partial charge on any atom is -0.384 e. The average molecular weight is 252 g/mol. The number of rotatable bonds is 3. The van der Waals surface area contributed by atoms with Crippen molar-refractivity contribution >= 4 is 11.6 Å². The van der Waals surface area contributed by atoms with Crippen molar-refractivity contribution in [2.75, 3.05) is 5.73 Å². The Labute approximate surface area is 112 Å². The number of nitrogens with two attached hydrogens (primary N) is 1. The van der Waals surface area contributed by atoms with Gasteiger partial charge >= 0.3 is 0 Å². The molecule has 1 aromatic carbocycles. The molecule has 3 rings (SSSR count). The first-order valence-electron chi connectivity index (χ1n) is 6.52. The first-order chi connectivity index (χ1) is 9.22. The number of hydrogen-bond donors (Lipinski definition) is 1. The quantitative estimate of drug-likeness (QED) is 0.911. The van der Waals surface area contributed by atoms with Crippen LogP contribution in [0.2, 0.25) is 0 Å². The van der Waals surface area contributed by atoms with Gasteiger partial charge in [0.1, 0.15) is 11.6 Å². The number of Topliss-reactive ketones (excluding diaryl/α,β-unsaturated/α-hetero) is 1. The van der Waals surface area contributed by atoms with Crippen LogP contribution in [-0.2, 0) is 24.1 Å². The molecule has 1 aromatic heterocycles. The van der Waals surface area contributed by atoms with Crippen LogP contribution in [0.5, 0.6) is 0 Å². The van der Waals surface area contributed by atoms with Gasteiger partial charge in [0.15, 0.2) is 0 Å². The molecule has 96 valence electrons. The molecule has 0 atom stereocenters. The summed E-state index contributed by atoms with van der Waals surface area (Å²) in [5.74, 6) is 0.883. The lowest BCUT2D eigenvalue weighted by Gasteiger charge is -2.08. The van der Waals surface area contributed by atoms with Gasteiger partial charge in [-0.2, -0.15) is 0 Å². The van der Waals surface area contributed by atoms with Crippen molar-refractivity contribution in [2.24, 2.45) is 5.92 Å². The summed E-state index contributed by atoms with van der Waals surface area (Å²) in [6, 6.07) is 11.9.